The molecule has 0 aliphatic carbocycles. The summed E-state index contributed by atoms with van der Waals surface area (Å²) in [4.78, 5) is 0.810. The van der Waals surface area contributed by atoms with E-state index >= 15 is 0 Å². The molecule has 0 amide bonds. The predicted molar refractivity (Wildman–Crippen MR) is 56.3 cm³/mol. The van der Waals surface area contributed by atoms with E-state index in [4.69, 9.17) is 15.2 Å². The molecule has 0 fully saturated rings. The van der Waals surface area contributed by atoms with Gasteiger partial charge in [0.15, 0.2) is 0 Å². The van der Waals surface area contributed by atoms with Crippen molar-refractivity contribution < 1.29 is 15.2 Å². The van der Waals surface area contributed by atoms with E-state index in [2.05, 4.69) is 12.6 Å². The van der Waals surface area contributed by atoms with Crippen LogP contribution in [-0.2, 0) is 0 Å². The quantitative estimate of drug-likeness (QED) is 0.370. The summed E-state index contributed by atoms with van der Waals surface area (Å²) < 4.78 is 0. The van der Waals surface area contributed by atoms with Crippen molar-refractivity contribution in [3.63, 3.8) is 0 Å². The fourth-order valence-corrected chi connectivity index (χ4v) is 0.796. The molecule has 0 atom stereocenters. The molecule has 13 heavy (non-hydrogen) atoms. The Labute approximate surface area is 83.6 Å². The standard InChI is InChI=1S/C6H7BO2S.C2H6O/c8-7(9)5-1-3-6(10)4-2-5;1-2-3/h1-4,8-10H;3H,2H2,1H3. The maximum Gasteiger partial charge on any atom is 0.488 e. The van der Waals surface area contributed by atoms with Crippen LogP contribution in [0.4, 0.5) is 0 Å². The van der Waals surface area contributed by atoms with E-state index in [9.17, 15) is 0 Å². The smallest absolute Gasteiger partial charge is 0.423 e. The SMILES string of the molecule is CCO.OB(O)c1ccc(S)cc1. The van der Waals surface area contributed by atoms with Crippen LogP contribution in [0.5, 0.6) is 0 Å². The lowest BCUT2D eigenvalue weighted by Crippen LogP contribution is -2.29. The molecule has 0 heterocycles. The summed E-state index contributed by atoms with van der Waals surface area (Å²) in [6.45, 7) is 1.93. The van der Waals surface area contributed by atoms with Crippen molar-refractivity contribution in [2.24, 2.45) is 0 Å². The molecule has 3 N–H and O–H groups in total. The molecule has 0 aromatic heterocycles. The van der Waals surface area contributed by atoms with Gasteiger partial charge in [0.2, 0.25) is 0 Å². The Kier molecular flexibility index (Phi) is 6.71. The molecule has 0 radical (unpaired) electrons. The van der Waals surface area contributed by atoms with E-state index in [-0.39, 0.29) is 6.61 Å². The molecular weight excluding hydrogens is 187 g/mol. The Morgan fingerprint density at radius 2 is 1.62 bits per heavy atom. The van der Waals surface area contributed by atoms with Crippen molar-refractivity contribution in [1.29, 1.82) is 0 Å². The summed E-state index contributed by atoms with van der Waals surface area (Å²) >= 11 is 4.04. The molecule has 1 aromatic carbocycles. The third-order valence-electron chi connectivity index (χ3n) is 1.19. The lowest BCUT2D eigenvalue weighted by molar-refractivity contribution is 0.318. The largest absolute Gasteiger partial charge is 0.488 e. The van der Waals surface area contributed by atoms with Gasteiger partial charge in [0.1, 0.15) is 0 Å². The second-order valence-corrected chi connectivity index (χ2v) is 2.80. The molecule has 0 spiro atoms. The Morgan fingerprint density at radius 3 is 1.92 bits per heavy atom. The molecule has 3 nitrogen and oxygen atoms in total. The third-order valence-corrected chi connectivity index (χ3v) is 1.49. The van der Waals surface area contributed by atoms with Crippen LogP contribution in [0.1, 0.15) is 6.92 Å². The van der Waals surface area contributed by atoms with Crippen LogP contribution in [0.25, 0.3) is 0 Å². The van der Waals surface area contributed by atoms with Crippen molar-refractivity contribution in [2.45, 2.75) is 11.8 Å². The van der Waals surface area contributed by atoms with Gasteiger partial charge < -0.3 is 15.2 Å². The first kappa shape index (κ1) is 12.5. The molecule has 5 heteroatoms. The van der Waals surface area contributed by atoms with Gasteiger partial charge in [-0.1, -0.05) is 12.1 Å². The first-order valence-electron chi connectivity index (χ1n) is 3.87. The highest BCUT2D eigenvalue weighted by Crippen LogP contribution is 2.00. The highest BCUT2D eigenvalue weighted by atomic mass is 32.1. The van der Waals surface area contributed by atoms with Gasteiger partial charge in [-0.25, -0.2) is 0 Å². The van der Waals surface area contributed by atoms with Crippen molar-refractivity contribution in [1.82, 2.24) is 0 Å². The summed E-state index contributed by atoms with van der Waals surface area (Å²) in [5.74, 6) is 0. The normalized spacial score (nSPS) is 8.69. The molecule has 1 aromatic rings. The zero-order chi connectivity index (χ0) is 10.3. The maximum absolute atomic E-state index is 8.65. The van der Waals surface area contributed by atoms with Gasteiger partial charge in [-0.15, -0.1) is 12.6 Å². The Hall–Kier alpha value is -0.485. The summed E-state index contributed by atoms with van der Waals surface area (Å²) in [6.07, 6.45) is 0. The van der Waals surface area contributed by atoms with Gasteiger partial charge >= 0.3 is 7.12 Å². The van der Waals surface area contributed by atoms with Crippen LogP contribution >= 0.6 is 12.6 Å². The van der Waals surface area contributed by atoms with Crippen LogP contribution in [0, 0.1) is 0 Å². The van der Waals surface area contributed by atoms with Gasteiger partial charge in [0.25, 0.3) is 0 Å². The van der Waals surface area contributed by atoms with Crippen LogP contribution < -0.4 is 5.46 Å². The molecule has 0 saturated heterocycles. The predicted octanol–water partition coefficient (Wildman–Crippen LogP) is -0.346. The van der Waals surface area contributed by atoms with E-state index in [1.165, 1.54) is 0 Å². The maximum atomic E-state index is 8.65. The minimum Gasteiger partial charge on any atom is -0.423 e. The van der Waals surface area contributed by atoms with Crippen molar-refractivity contribution in [3.8, 4) is 0 Å². The van der Waals surface area contributed by atoms with Crippen LogP contribution in [0.3, 0.4) is 0 Å². The number of hydrogen-bond donors (Lipinski definition) is 4. The van der Waals surface area contributed by atoms with Crippen molar-refractivity contribution in [2.75, 3.05) is 6.61 Å². The lowest BCUT2D eigenvalue weighted by Gasteiger charge is -1.97. The van der Waals surface area contributed by atoms with Crippen LogP contribution in [0.2, 0.25) is 0 Å². The van der Waals surface area contributed by atoms with E-state index in [1.54, 1.807) is 31.2 Å². The van der Waals surface area contributed by atoms with Gasteiger partial charge in [-0.3, -0.25) is 0 Å². The Bertz CT molecular complexity index is 225. The van der Waals surface area contributed by atoms with Crippen molar-refractivity contribution in [3.05, 3.63) is 24.3 Å². The molecular formula is C8H13BO3S. The van der Waals surface area contributed by atoms with E-state index < -0.39 is 7.12 Å². The number of hydrogen-bond acceptors (Lipinski definition) is 4. The first-order chi connectivity index (χ1) is 6.11. The van der Waals surface area contributed by atoms with Crippen LogP contribution in [-0.4, -0.2) is 28.9 Å². The summed E-state index contributed by atoms with van der Waals surface area (Å²) in [6, 6.07) is 6.65. The number of thiol groups is 1. The van der Waals surface area contributed by atoms with E-state index in [1.807, 2.05) is 0 Å². The zero-order valence-corrected chi connectivity index (χ0v) is 8.28. The summed E-state index contributed by atoms with van der Waals surface area (Å²) in [5, 5.41) is 24.9. The monoisotopic (exact) mass is 200 g/mol. The molecule has 0 aliphatic heterocycles. The lowest BCUT2D eigenvalue weighted by atomic mass is 9.81. The highest BCUT2D eigenvalue weighted by Gasteiger charge is 2.08. The molecule has 0 aliphatic rings. The second kappa shape index (κ2) is 6.97. The average Bonchev–Trinajstić information content (AvgIpc) is 2.06. The minimum absolute atomic E-state index is 0.250. The average molecular weight is 200 g/mol. The topological polar surface area (TPSA) is 60.7 Å². The van der Waals surface area contributed by atoms with Gasteiger partial charge in [0.05, 0.1) is 0 Å². The molecule has 0 saturated carbocycles. The minimum atomic E-state index is -1.38. The number of rotatable bonds is 1. The number of aliphatic hydroxyl groups excluding tert-OH is 1. The first-order valence-corrected chi connectivity index (χ1v) is 4.32. The van der Waals surface area contributed by atoms with Gasteiger partial charge in [-0.2, -0.15) is 0 Å². The van der Waals surface area contributed by atoms with Gasteiger partial charge in [0, 0.05) is 11.5 Å². The molecule has 72 valence electrons. The van der Waals surface area contributed by atoms with E-state index in [0.717, 1.165) is 4.90 Å². The molecule has 1 rings (SSSR count). The fraction of sp³-hybridized carbons (Fsp3) is 0.250. The van der Waals surface area contributed by atoms with Gasteiger partial charge in [-0.05, 0) is 24.5 Å². The summed E-state index contributed by atoms with van der Waals surface area (Å²) in [7, 11) is -1.38. The zero-order valence-electron chi connectivity index (χ0n) is 7.38. The van der Waals surface area contributed by atoms with Crippen LogP contribution in [0.15, 0.2) is 29.2 Å². The second-order valence-electron chi connectivity index (χ2n) is 2.28. The van der Waals surface area contributed by atoms with E-state index in [0.29, 0.717) is 5.46 Å². The molecule has 0 unspecified atom stereocenters. The number of aliphatic hydroxyl groups is 1. The molecule has 0 bridgehead atoms. The highest BCUT2D eigenvalue weighted by molar-refractivity contribution is 7.80. The van der Waals surface area contributed by atoms with Crippen molar-refractivity contribution >= 4 is 25.2 Å². The summed E-state index contributed by atoms with van der Waals surface area (Å²) in [5.41, 5.74) is 0.484. The third kappa shape index (κ3) is 5.71. The Morgan fingerprint density at radius 1 is 1.23 bits per heavy atom. The Balaban J connectivity index is 0.000000424. The number of benzene rings is 1. The fourth-order valence-electron chi connectivity index (χ4n) is 0.646.